The van der Waals surface area contributed by atoms with E-state index in [-0.39, 0.29) is 11.3 Å². The highest BCUT2D eigenvalue weighted by molar-refractivity contribution is 7.12. The van der Waals surface area contributed by atoms with Gasteiger partial charge in [-0.05, 0) is 29.6 Å². The lowest BCUT2D eigenvalue weighted by Crippen LogP contribution is -2.07. The number of carbonyl (C=O) groups excluding carboxylic acids is 2. The maximum absolute atomic E-state index is 11.7. The topological polar surface area (TPSA) is 43.4 Å². The standard InChI is InChI=1S/C12H7ClO3S/c13-9-3-4-10(8(6-9)7-14)16-12(15)11-2-1-5-17-11/h1-7H. The zero-order valence-corrected chi connectivity index (χ0v) is 10.1. The van der Waals surface area contributed by atoms with Crippen LogP contribution in [0.25, 0.3) is 0 Å². The van der Waals surface area contributed by atoms with E-state index in [1.165, 1.54) is 23.5 Å². The molecule has 0 spiro atoms. The van der Waals surface area contributed by atoms with Crippen LogP contribution in [0.2, 0.25) is 5.02 Å². The highest BCUT2D eigenvalue weighted by atomic mass is 35.5. The van der Waals surface area contributed by atoms with Crippen molar-refractivity contribution in [3.05, 3.63) is 51.2 Å². The number of carbonyl (C=O) groups is 2. The molecule has 0 unspecified atom stereocenters. The number of ether oxygens (including phenoxy) is 1. The van der Waals surface area contributed by atoms with Gasteiger partial charge in [-0.3, -0.25) is 4.79 Å². The van der Waals surface area contributed by atoms with Crippen molar-refractivity contribution in [2.45, 2.75) is 0 Å². The second-order valence-corrected chi connectivity index (χ2v) is 4.55. The zero-order chi connectivity index (χ0) is 12.3. The van der Waals surface area contributed by atoms with Crippen LogP contribution in [0.15, 0.2) is 35.7 Å². The summed E-state index contributed by atoms with van der Waals surface area (Å²) in [5.41, 5.74) is 0.252. The first-order chi connectivity index (χ1) is 8.20. The fraction of sp³-hybridized carbons (Fsp3) is 0. The number of rotatable bonds is 3. The Morgan fingerprint density at radius 3 is 2.82 bits per heavy atom. The zero-order valence-electron chi connectivity index (χ0n) is 8.55. The third-order valence-corrected chi connectivity index (χ3v) is 3.11. The molecular formula is C12H7ClO3S. The van der Waals surface area contributed by atoms with E-state index in [0.29, 0.717) is 16.2 Å². The van der Waals surface area contributed by atoms with Gasteiger partial charge >= 0.3 is 5.97 Å². The van der Waals surface area contributed by atoms with E-state index in [4.69, 9.17) is 16.3 Å². The van der Waals surface area contributed by atoms with E-state index in [0.717, 1.165) is 0 Å². The molecule has 0 atom stereocenters. The Bertz CT molecular complexity index is 549. The summed E-state index contributed by atoms with van der Waals surface area (Å²) in [7, 11) is 0. The number of esters is 1. The number of benzene rings is 1. The van der Waals surface area contributed by atoms with E-state index in [1.807, 2.05) is 0 Å². The van der Waals surface area contributed by atoms with Gasteiger partial charge in [-0.15, -0.1) is 11.3 Å². The van der Waals surface area contributed by atoms with E-state index in [9.17, 15) is 9.59 Å². The van der Waals surface area contributed by atoms with Crippen LogP contribution in [-0.4, -0.2) is 12.3 Å². The Labute approximate surface area is 107 Å². The van der Waals surface area contributed by atoms with Crippen molar-refractivity contribution in [1.82, 2.24) is 0 Å². The van der Waals surface area contributed by atoms with Gasteiger partial charge in [0.1, 0.15) is 10.6 Å². The number of halogens is 1. The van der Waals surface area contributed by atoms with Crippen LogP contribution in [0, 0.1) is 0 Å². The first-order valence-corrected chi connectivity index (χ1v) is 5.97. The second-order valence-electron chi connectivity index (χ2n) is 3.17. The molecule has 1 aromatic carbocycles. The van der Waals surface area contributed by atoms with Gasteiger partial charge in [-0.2, -0.15) is 0 Å². The minimum Gasteiger partial charge on any atom is -0.422 e. The Morgan fingerprint density at radius 2 is 2.18 bits per heavy atom. The molecular weight excluding hydrogens is 260 g/mol. The summed E-state index contributed by atoms with van der Waals surface area (Å²) in [6.45, 7) is 0. The Morgan fingerprint density at radius 1 is 1.35 bits per heavy atom. The van der Waals surface area contributed by atoms with Gasteiger partial charge in [-0.1, -0.05) is 17.7 Å². The summed E-state index contributed by atoms with van der Waals surface area (Å²) in [5, 5.41) is 2.20. The first-order valence-electron chi connectivity index (χ1n) is 4.71. The van der Waals surface area contributed by atoms with Crippen molar-refractivity contribution in [2.75, 3.05) is 0 Å². The maximum Gasteiger partial charge on any atom is 0.353 e. The highest BCUT2D eigenvalue weighted by Crippen LogP contribution is 2.23. The molecule has 0 aliphatic rings. The summed E-state index contributed by atoms with van der Waals surface area (Å²) in [6.07, 6.45) is 0.600. The maximum atomic E-state index is 11.7. The molecule has 5 heteroatoms. The number of hydrogen-bond acceptors (Lipinski definition) is 4. The monoisotopic (exact) mass is 266 g/mol. The highest BCUT2D eigenvalue weighted by Gasteiger charge is 2.12. The Kier molecular flexibility index (Phi) is 3.56. The van der Waals surface area contributed by atoms with Gasteiger partial charge in [0.15, 0.2) is 6.29 Å². The summed E-state index contributed by atoms with van der Waals surface area (Å²) in [4.78, 5) is 23.0. The third-order valence-electron chi connectivity index (χ3n) is 2.02. The summed E-state index contributed by atoms with van der Waals surface area (Å²) in [5.74, 6) is -0.270. The van der Waals surface area contributed by atoms with Gasteiger partial charge in [0.05, 0.1) is 5.56 Å². The van der Waals surface area contributed by atoms with Crippen LogP contribution in [0.5, 0.6) is 5.75 Å². The molecule has 2 rings (SSSR count). The minimum absolute atomic E-state index is 0.211. The summed E-state index contributed by atoms with van der Waals surface area (Å²) < 4.78 is 5.12. The molecule has 0 bridgehead atoms. The smallest absolute Gasteiger partial charge is 0.353 e. The second kappa shape index (κ2) is 5.12. The molecule has 0 saturated heterocycles. The van der Waals surface area contributed by atoms with Gasteiger partial charge < -0.3 is 4.74 Å². The fourth-order valence-electron chi connectivity index (χ4n) is 1.25. The molecule has 0 aliphatic heterocycles. The molecule has 1 aromatic heterocycles. The van der Waals surface area contributed by atoms with Crippen LogP contribution in [0.1, 0.15) is 20.0 Å². The van der Waals surface area contributed by atoms with Crippen LogP contribution < -0.4 is 4.74 Å². The van der Waals surface area contributed by atoms with E-state index in [1.54, 1.807) is 23.6 Å². The molecule has 0 saturated carbocycles. The molecule has 0 radical (unpaired) electrons. The van der Waals surface area contributed by atoms with Crippen LogP contribution in [-0.2, 0) is 0 Å². The van der Waals surface area contributed by atoms with Crippen molar-refractivity contribution < 1.29 is 14.3 Å². The molecule has 17 heavy (non-hydrogen) atoms. The van der Waals surface area contributed by atoms with Crippen molar-refractivity contribution in [3.63, 3.8) is 0 Å². The van der Waals surface area contributed by atoms with Gasteiger partial charge in [-0.25, -0.2) is 4.79 Å². The lowest BCUT2D eigenvalue weighted by atomic mass is 10.2. The minimum atomic E-state index is -0.481. The fourth-order valence-corrected chi connectivity index (χ4v) is 2.03. The number of thiophene rings is 1. The van der Waals surface area contributed by atoms with Crippen molar-refractivity contribution in [1.29, 1.82) is 0 Å². The van der Waals surface area contributed by atoms with Gasteiger partial charge in [0, 0.05) is 5.02 Å². The Balaban J connectivity index is 2.24. The van der Waals surface area contributed by atoms with Gasteiger partial charge in [0.25, 0.3) is 0 Å². The normalized spacial score (nSPS) is 9.94. The summed E-state index contributed by atoms with van der Waals surface area (Å²) in [6, 6.07) is 7.92. The lowest BCUT2D eigenvalue weighted by Gasteiger charge is -2.05. The number of aldehydes is 1. The molecule has 1 heterocycles. The van der Waals surface area contributed by atoms with E-state index in [2.05, 4.69) is 0 Å². The largest absolute Gasteiger partial charge is 0.422 e. The van der Waals surface area contributed by atoms with E-state index < -0.39 is 5.97 Å². The quantitative estimate of drug-likeness (QED) is 0.486. The molecule has 0 amide bonds. The van der Waals surface area contributed by atoms with Crippen LogP contribution in [0.4, 0.5) is 0 Å². The molecule has 2 aromatic rings. The summed E-state index contributed by atoms with van der Waals surface area (Å²) >= 11 is 7.01. The van der Waals surface area contributed by atoms with Crippen LogP contribution in [0.3, 0.4) is 0 Å². The first kappa shape index (κ1) is 11.8. The Hall–Kier alpha value is -1.65. The molecule has 0 fully saturated rings. The molecule has 86 valence electrons. The average molecular weight is 267 g/mol. The average Bonchev–Trinajstić information content (AvgIpc) is 2.85. The van der Waals surface area contributed by atoms with Gasteiger partial charge in [0.2, 0.25) is 0 Å². The molecule has 0 aliphatic carbocycles. The van der Waals surface area contributed by atoms with Crippen LogP contribution >= 0.6 is 22.9 Å². The van der Waals surface area contributed by atoms with Crippen molar-refractivity contribution >= 4 is 35.2 Å². The molecule has 3 nitrogen and oxygen atoms in total. The van der Waals surface area contributed by atoms with E-state index >= 15 is 0 Å². The SMILES string of the molecule is O=Cc1cc(Cl)ccc1OC(=O)c1cccs1. The lowest BCUT2D eigenvalue weighted by molar-refractivity contribution is 0.0738. The van der Waals surface area contributed by atoms with Crippen molar-refractivity contribution in [3.8, 4) is 5.75 Å². The molecule has 0 N–H and O–H groups in total. The predicted octanol–water partition coefficient (Wildman–Crippen LogP) is 3.43. The predicted molar refractivity (Wildman–Crippen MR) is 66.1 cm³/mol. The number of hydrogen-bond donors (Lipinski definition) is 0. The van der Waals surface area contributed by atoms with Crippen molar-refractivity contribution in [2.24, 2.45) is 0 Å². The third kappa shape index (κ3) is 2.72.